The van der Waals surface area contributed by atoms with Crippen LogP contribution in [-0.2, 0) is 6.54 Å². The number of halogens is 3. The Kier molecular flexibility index (Phi) is 4.48. The van der Waals surface area contributed by atoms with Crippen LogP contribution in [0.3, 0.4) is 0 Å². The lowest BCUT2D eigenvalue weighted by Crippen LogP contribution is -2.06. The molecule has 0 saturated carbocycles. The number of benzene rings is 2. The first-order valence-electron chi connectivity index (χ1n) is 9.01. The molecule has 0 aliphatic carbocycles. The minimum atomic E-state index is -0.574. The molecule has 3 heterocycles. The van der Waals surface area contributed by atoms with E-state index in [-0.39, 0.29) is 12.1 Å². The highest BCUT2D eigenvalue weighted by Gasteiger charge is 2.16. The van der Waals surface area contributed by atoms with Crippen LogP contribution in [0.2, 0.25) is 5.02 Å². The van der Waals surface area contributed by atoms with E-state index in [2.05, 4.69) is 30.2 Å². The Hall–Kier alpha value is -3.65. The summed E-state index contributed by atoms with van der Waals surface area (Å²) in [5.74, 6) is -0.592. The van der Waals surface area contributed by atoms with Crippen molar-refractivity contribution in [2.24, 2.45) is 0 Å². The van der Waals surface area contributed by atoms with Crippen molar-refractivity contribution in [1.82, 2.24) is 24.9 Å². The van der Waals surface area contributed by atoms with Gasteiger partial charge in [-0.15, -0.1) is 0 Å². The molecule has 30 heavy (non-hydrogen) atoms. The van der Waals surface area contributed by atoms with Crippen molar-refractivity contribution in [3.05, 3.63) is 77.3 Å². The Morgan fingerprint density at radius 2 is 1.93 bits per heavy atom. The second-order valence-corrected chi connectivity index (χ2v) is 7.02. The van der Waals surface area contributed by atoms with Crippen LogP contribution in [0.5, 0.6) is 0 Å². The molecule has 0 spiro atoms. The van der Waals surface area contributed by atoms with Crippen molar-refractivity contribution in [3.63, 3.8) is 0 Å². The molecule has 0 radical (unpaired) electrons. The zero-order valence-electron chi connectivity index (χ0n) is 15.3. The first kappa shape index (κ1) is 18.4. The van der Waals surface area contributed by atoms with Gasteiger partial charge < -0.3 is 10.3 Å². The summed E-state index contributed by atoms with van der Waals surface area (Å²) in [4.78, 5) is 20.0. The zero-order valence-corrected chi connectivity index (χ0v) is 16.1. The minimum absolute atomic E-state index is 0.0583. The molecule has 0 fully saturated rings. The Morgan fingerprint density at radius 3 is 2.83 bits per heavy atom. The lowest BCUT2D eigenvalue weighted by molar-refractivity contribution is 0.602. The summed E-state index contributed by atoms with van der Waals surface area (Å²) in [5.41, 5.74) is 2.69. The van der Waals surface area contributed by atoms with Gasteiger partial charge in [-0.25, -0.2) is 28.7 Å². The lowest BCUT2D eigenvalue weighted by atomic mass is 10.0. The average Bonchev–Trinajstić information content (AvgIpc) is 3.23. The number of nitrogens with one attached hydrogen (secondary N) is 2. The predicted molar refractivity (Wildman–Crippen MR) is 111 cm³/mol. The van der Waals surface area contributed by atoms with Crippen LogP contribution >= 0.6 is 11.6 Å². The zero-order chi connectivity index (χ0) is 20.7. The highest BCUT2D eigenvalue weighted by Crippen LogP contribution is 2.31. The molecule has 5 aromatic rings. The van der Waals surface area contributed by atoms with Gasteiger partial charge >= 0.3 is 0 Å². The third-order valence-electron chi connectivity index (χ3n) is 4.73. The second-order valence-electron chi connectivity index (χ2n) is 6.61. The number of rotatable bonds is 4. The molecule has 3 aromatic heterocycles. The maximum atomic E-state index is 14.6. The van der Waals surface area contributed by atoms with Gasteiger partial charge in [-0.1, -0.05) is 23.7 Å². The van der Waals surface area contributed by atoms with E-state index in [0.29, 0.717) is 38.8 Å². The molecule has 0 unspecified atom stereocenters. The number of nitrogens with zero attached hydrogens (tertiary/aromatic N) is 4. The van der Waals surface area contributed by atoms with Crippen LogP contribution < -0.4 is 5.32 Å². The highest BCUT2D eigenvalue weighted by atomic mass is 35.5. The minimum Gasteiger partial charge on any atom is -0.364 e. The van der Waals surface area contributed by atoms with Crippen LogP contribution in [0.1, 0.15) is 5.56 Å². The molecular weight excluding hydrogens is 410 g/mol. The average molecular weight is 423 g/mol. The number of imidazole rings is 1. The molecule has 2 aromatic carbocycles. The quantitative estimate of drug-likeness (QED) is 0.420. The summed E-state index contributed by atoms with van der Waals surface area (Å²) >= 11 is 6.29. The molecule has 0 bridgehead atoms. The normalized spacial score (nSPS) is 11.3. The van der Waals surface area contributed by atoms with Gasteiger partial charge in [0.15, 0.2) is 11.5 Å². The standard InChI is InChI=1S/C21H13ClF2N6/c22-15-3-1-2-11-6-12(8-25-20-19-21(27-9-26-19)29-10-28-20)17(30-18(11)15)14-7-13(23)4-5-16(14)24/h1-7,9-10H,8H2,(H2,25,26,27,28,29). The fraction of sp³-hybridized carbons (Fsp3) is 0.0476. The Morgan fingerprint density at radius 1 is 1.03 bits per heavy atom. The fourth-order valence-corrected chi connectivity index (χ4v) is 3.56. The summed E-state index contributed by atoms with van der Waals surface area (Å²) in [6, 6.07) is 10.5. The largest absolute Gasteiger partial charge is 0.364 e. The third kappa shape index (κ3) is 3.21. The van der Waals surface area contributed by atoms with Crippen molar-refractivity contribution in [1.29, 1.82) is 0 Å². The van der Waals surface area contributed by atoms with Gasteiger partial charge in [0.05, 0.1) is 22.6 Å². The molecule has 0 aliphatic heterocycles. The van der Waals surface area contributed by atoms with Gasteiger partial charge in [-0.05, 0) is 35.9 Å². The molecule has 0 amide bonds. The second kappa shape index (κ2) is 7.31. The topological polar surface area (TPSA) is 79.4 Å². The fourth-order valence-electron chi connectivity index (χ4n) is 3.33. The maximum Gasteiger partial charge on any atom is 0.182 e. The lowest BCUT2D eigenvalue weighted by Gasteiger charge is -2.14. The number of H-pyrrole nitrogens is 1. The number of hydrogen-bond donors (Lipinski definition) is 2. The van der Waals surface area contributed by atoms with Crippen molar-refractivity contribution in [3.8, 4) is 11.3 Å². The summed E-state index contributed by atoms with van der Waals surface area (Å²) in [6.07, 6.45) is 2.93. The van der Waals surface area contributed by atoms with Crippen molar-refractivity contribution in [2.45, 2.75) is 6.54 Å². The van der Waals surface area contributed by atoms with Gasteiger partial charge in [-0.2, -0.15) is 0 Å². The van der Waals surface area contributed by atoms with E-state index in [1.807, 2.05) is 18.2 Å². The predicted octanol–water partition coefficient (Wildman–Crippen LogP) is 5.11. The van der Waals surface area contributed by atoms with Crippen LogP contribution in [0.4, 0.5) is 14.6 Å². The van der Waals surface area contributed by atoms with Crippen molar-refractivity contribution >= 4 is 39.5 Å². The molecule has 148 valence electrons. The van der Waals surface area contributed by atoms with Crippen LogP contribution in [0, 0.1) is 11.6 Å². The number of fused-ring (bicyclic) bond motifs is 2. The number of aromatic amines is 1. The van der Waals surface area contributed by atoms with Crippen molar-refractivity contribution < 1.29 is 8.78 Å². The van der Waals surface area contributed by atoms with Gasteiger partial charge in [-0.3, -0.25) is 0 Å². The number of para-hydroxylation sites is 1. The first-order chi connectivity index (χ1) is 14.6. The van der Waals surface area contributed by atoms with Crippen molar-refractivity contribution in [2.75, 3.05) is 5.32 Å². The molecule has 0 aliphatic rings. The molecule has 0 atom stereocenters. The number of anilines is 1. The Balaban J connectivity index is 1.64. The highest BCUT2D eigenvalue weighted by molar-refractivity contribution is 6.35. The smallest absolute Gasteiger partial charge is 0.182 e. The molecule has 0 saturated heterocycles. The van der Waals surface area contributed by atoms with E-state index in [1.54, 1.807) is 6.07 Å². The summed E-state index contributed by atoms with van der Waals surface area (Å²) in [5, 5.41) is 4.42. The summed E-state index contributed by atoms with van der Waals surface area (Å²) < 4.78 is 28.5. The summed E-state index contributed by atoms with van der Waals surface area (Å²) in [7, 11) is 0. The third-order valence-corrected chi connectivity index (χ3v) is 5.03. The number of hydrogen-bond acceptors (Lipinski definition) is 5. The SMILES string of the molecule is Fc1ccc(F)c(-c2nc3c(Cl)cccc3cc2CNc2ncnc3nc[nH]c23)c1. The van der Waals surface area contributed by atoms with E-state index in [9.17, 15) is 8.78 Å². The van der Waals surface area contributed by atoms with Gasteiger partial charge in [0.25, 0.3) is 0 Å². The molecular formula is C21H13ClF2N6. The Bertz CT molecular complexity index is 1400. The van der Waals surface area contributed by atoms with Crippen LogP contribution in [-0.4, -0.2) is 24.9 Å². The van der Waals surface area contributed by atoms with E-state index in [4.69, 9.17) is 11.6 Å². The molecule has 2 N–H and O–H groups in total. The first-order valence-corrected chi connectivity index (χ1v) is 9.39. The van der Waals surface area contributed by atoms with E-state index >= 15 is 0 Å². The van der Waals surface area contributed by atoms with Gasteiger partial charge in [0.2, 0.25) is 0 Å². The van der Waals surface area contributed by atoms with Gasteiger partial charge in [0.1, 0.15) is 23.5 Å². The molecule has 9 heteroatoms. The monoisotopic (exact) mass is 422 g/mol. The summed E-state index contributed by atoms with van der Waals surface area (Å²) in [6.45, 7) is 0.256. The number of pyridine rings is 1. The maximum absolute atomic E-state index is 14.6. The number of aromatic nitrogens is 5. The van der Waals surface area contributed by atoms with E-state index in [0.717, 1.165) is 23.6 Å². The molecule has 5 rings (SSSR count). The van der Waals surface area contributed by atoms with E-state index in [1.165, 1.54) is 12.7 Å². The van der Waals surface area contributed by atoms with Crippen LogP contribution in [0.15, 0.2) is 55.1 Å². The van der Waals surface area contributed by atoms with Crippen LogP contribution in [0.25, 0.3) is 33.3 Å². The van der Waals surface area contributed by atoms with Gasteiger partial charge in [0, 0.05) is 17.5 Å². The molecule has 6 nitrogen and oxygen atoms in total. The Labute approximate surface area is 174 Å². The van der Waals surface area contributed by atoms with E-state index < -0.39 is 11.6 Å².